The summed E-state index contributed by atoms with van der Waals surface area (Å²) in [5, 5.41) is 0. The highest BCUT2D eigenvalue weighted by molar-refractivity contribution is 6.48. The lowest BCUT2D eigenvalue weighted by molar-refractivity contribution is -0.142. The Hall–Kier alpha value is -1.32. The molecule has 0 aliphatic carbocycles. The fourth-order valence-electron chi connectivity index (χ4n) is 0.737. The van der Waals surface area contributed by atoms with Crippen molar-refractivity contribution in [2.45, 2.75) is 33.1 Å². The molecule has 0 fully saturated rings. The molecule has 0 atom stereocenters. The van der Waals surface area contributed by atoms with Crippen molar-refractivity contribution in [1.82, 2.24) is 0 Å². The van der Waals surface area contributed by atoms with Gasteiger partial charge in [0.2, 0.25) is 11.6 Å². The van der Waals surface area contributed by atoms with Gasteiger partial charge in [-0.05, 0) is 0 Å². The summed E-state index contributed by atoms with van der Waals surface area (Å²) >= 11 is 0. The molecule has 0 heterocycles. The minimum absolute atomic E-state index is 0.0758. The molecule has 0 saturated heterocycles. The first kappa shape index (κ1) is 11.7. The minimum atomic E-state index is -0.769. The van der Waals surface area contributed by atoms with Crippen LogP contribution in [0.15, 0.2) is 0 Å². The second-order valence-electron chi connectivity index (χ2n) is 2.58. The summed E-state index contributed by atoms with van der Waals surface area (Å²) < 4.78 is 0. The Morgan fingerprint density at radius 3 is 1.23 bits per heavy atom. The Balaban J connectivity index is 4.15. The van der Waals surface area contributed by atoms with Crippen molar-refractivity contribution in [1.29, 1.82) is 0 Å². The van der Waals surface area contributed by atoms with Gasteiger partial charge in [-0.1, -0.05) is 13.8 Å². The van der Waals surface area contributed by atoms with Gasteiger partial charge in [0.15, 0.2) is 11.6 Å². The largest absolute Gasteiger partial charge is 0.291 e. The van der Waals surface area contributed by atoms with Crippen LogP contribution in [0.1, 0.15) is 33.1 Å². The number of ketones is 4. The highest BCUT2D eigenvalue weighted by Gasteiger charge is 2.19. The standard InChI is InChI=1S/C9H12O4/c1-3-6(10)8(12)5-9(13)7(11)4-2/h3-5H2,1-2H3. The summed E-state index contributed by atoms with van der Waals surface area (Å²) in [5.74, 6) is -2.74. The van der Waals surface area contributed by atoms with E-state index in [2.05, 4.69) is 0 Å². The number of rotatable bonds is 6. The van der Waals surface area contributed by atoms with Gasteiger partial charge >= 0.3 is 0 Å². The predicted molar refractivity (Wildman–Crippen MR) is 45.2 cm³/mol. The average Bonchev–Trinajstić information content (AvgIpc) is 2.14. The van der Waals surface area contributed by atoms with Crippen molar-refractivity contribution in [2.24, 2.45) is 0 Å². The van der Waals surface area contributed by atoms with Crippen LogP contribution in [0.2, 0.25) is 0 Å². The van der Waals surface area contributed by atoms with Gasteiger partial charge in [-0.15, -0.1) is 0 Å². The van der Waals surface area contributed by atoms with Crippen LogP contribution in [0, 0.1) is 0 Å². The van der Waals surface area contributed by atoms with Gasteiger partial charge in [0, 0.05) is 12.8 Å². The smallest absolute Gasteiger partial charge is 0.206 e. The van der Waals surface area contributed by atoms with Crippen molar-refractivity contribution < 1.29 is 19.2 Å². The van der Waals surface area contributed by atoms with Crippen LogP contribution in [-0.4, -0.2) is 23.1 Å². The molecule has 13 heavy (non-hydrogen) atoms. The van der Waals surface area contributed by atoms with E-state index in [9.17, 15) is 19.2 Å². The molecule has 0 amide bonds. The van der Waals surface area contributed by atoms with E-state index in [1.54, 1.807) is 0 Å². The number of hydrogen-bond acceptors (Lipinski definition) is 4. The van der Waals surface area contributed by atoms with Crippen LogP contribution in [-0.2, 0) is 19.2 Å². The van der Waals surface area contributed by atoms with Crippen LogP contribution in [0.5, 0.6) is 0 Å². The summed E-state index contributed by atoms with van der Waals surface area (Å²) in [6.07, 6.45) is -0.418. The third kappa shape index (κ3) is 3.73. The fourth-order valence-corrected chi connectivity index (χ4v) is 0.737. The first-order valence-corrected chi connectivity index (χ1v) is 4.14. The molecule has 4 heteroatoms. The zero-order valence-electron chi connectivity index (χ0n) is 7.75. The summed E-state index contributed by atoms with van der Waals surface area (Å²) in [6, 6.07) is 0. The molecule has 0 aromatic rings. The van der Waals surface area contributed by atoms with Gasteiger partial charge in [-0.2, -0.15) is 0 Å². The molecule has 0 aliphatic heterocycles. The van der Waals surface area contributed by atoms with Gasteiger partial charge in [0.1, 0.15) is 0 Å². The molecule has 72 valence electrons. The molecule has 0 aromatic carbocycles. The van der Waals surface area contributed by atoms with E-state index in [4.69, 9.17) is 0 Å². The van der Waals surface area contributed by atoms with Crippen LogP contribution in [0.4, 0.5) is 0 Å². The van der Waals surface area contributed by atoms with Crippen molar-refractivity contribution in [2.75, 3.05) is 0 Å². The quantitative estimate of drug-likeness (QED) is 0.444. The van der Waals surface area contributed by atoms with E-state index in [1.807, 2.05) is 0 Å². The Morgan fingerprint density at radius 1 is 0.692 bits per heavy atom. The molecule has 0 aromatic heterocycles. The van der Waals surface area contributed by atoms with Crippen molar-refractivity contribution >= 4 is 23.1 Å². The zero-order chi connectivity index (χ0) is 10.4. The number of carbonyl (C=O) groups excluding carboxylic acids is 4. The van der Waals surface area contributed by atoms with Crippen molar-refractivity contribution in [3.05, 3.63) is 0 Å². The summed E-state index contributed by atoms with van der Waals surface area (Å²) in [6.45, 7) is 3.07. The van der Waals surface area contributed by atoms with Gasteiger partial charge < -0.3 is 0 Å². The molecule has 4 nitrogen and oxygen atoms in total. The summed E-state index contributed by atoms with van der Waals surface area (Å²) in [5.41, 5.74) is 0. The first-order valence-electron chi connectivity index (χ1n) is 4.14. The average molecular weight is 184 g/mol. The van der Waals surface area contributed by atoms with E-state index in [0.29, 0.717) is 0 Å². The molecule has 0 spiro atoms. The summed E-state index contributed by atoms with van der Waals surface area (Å²) in [4.78, 5) is 43.3. The second-order valence-corrected chi connectivity index (χ2v) is 2.58. The van der Waals surface area contributed by atoms with Crippen LogP contribution in [0.3, 0.4) is 0 Å². The van der Waals surface area contributed by atoms with E-state index in [-0.39, 0.29) is 12.8 Å². The molecule has 0 saturated carbocycles. The van der Waals surface area contributed by atoms with Gasteiger partial charge in [-0.3, -0.25) is 19.2 Å². The Labute approximate surface area is 76.3 Å². The van der Waals surface area contributed by atoms with E-state index in [0.717, 1.165) is 0 Å². The molecule has 0 bridgehead atoms. The van der Waals surface area contributed by atoms with Crippen LogP contribution < -0.4 is 0 Å². The SMILES string of the molecule is CCC(=O)C(=O)CC(=O)C(=O)CC. The molecule has 0 N–H and O–H groups in total. The maximum Gasteiger partial charge on any atom is 0.206 e. The maximum atomic E-state index is 10.9. The predicted octanol–water partition coefficient (Wildman–Crippen LogP) is 0.473. The monoisotopic (exact) mass is 184 g/mol. The van der Waals surface area contributed by atoms with Crippen LogP contribution >= 0.6 is 0 Å². The Bertz CT molecular complexity index is 226. The lowest BCUT2D eigenvalue weighted by Gasteiger charge is -1.95. The first-order chi connectivity index (χ1) is 6.02. The molecule has 0 unspecified atom stereocenters. The molecule has 0 aliphatic rings. The lowest BCUT2D eigenvalue weighted by Crippen LogP contribution is -2.21. The second kappa shape index (κ2) is 5.35. The Kier molecular flexibility index (Phi) is 4.80. The van der Waals surface area contributed by atoms with E-state index >= 15 is 0 Å². The molecular weight excluding hydrogens is 172 g/mol. The van der Waals surface area contributed by atoms with E-state index < -0.39 is 29.6 Å². The van der Waals surface area contributed by atoms with Gasteiger partial charge in [-0.25, -0.2) is 0 Å². The van der Waals surface area contributed by atoms with Gasteiger partial charge in [0.25, 0.3) is 0 Å². The molecular formula is C9H12O4. The third-order valence-electron chi connectivity index (χ3n) is 1.59. The zero-order valence-corrected chi connectivity index (χ0v) is 7.75. The van der Waals surface area contributed by atoms with Crippen molar-refractivity contribution in [3.8, 4) is 0 Å². The van der Waals surface area contributed by atoms with Crippen molar-refractivity contribution in [3.63, 3.8) is 0 Å². The summed E-state index contributed by atoms with van der Waals surface area (Å²) in [7, 11) is 0. The van der Waals surface area contributed by atoms with E-state index in [1.165, 1.54) is 13.8 Å². The maximum absolute atomic E-state index is 10.9. The lowest BCUT2D eigenvalue weighted by atomic mass is 10.1. The topological polar surface area (TPSA) is 68.3 Å². The Morgan fingerprint density at radius 2 is 1.00 bits per heavy atom. The van der Waals surface area contributed by atoms with Crippen LogP contribution in [0.25, 0.3) is 0 Å². The normalized spacial score (nSPS) is 9.38. The van der Waals surface area contributed by atoms with Gasteiger partial charge in [0.05, 0.1) is 6.42 Å². The third-order valence-corrected chi connectivity index (χ3v) is 1.59. The number of Topliss-reactive ketones (excluding diaryl/α,β-unsaturated/α-hetero) is 4. The molecule has 0 rings (SSSR count). The highest BCUT2D eigenvalue weighted by Crippen LogP contribution is 1.94. The fraction of sp³-hybridized carbons (Fsp3) is 0.556. The molecule has 0 radical (unpaired) electrons. The minimum Gasteiger partial charge on any atom is -0.291 e. The number of hydrogen-bond donors (Lipinski definition) is 0. The highest BCUT2D eigenvalue weighted by atomic mass is 16.2. The number of carbonyl (C=O) groups is 4.